The van der Waals surface area contributed by atoms with Crippen LogP contribution in [-0.4, -0.2) is 30.4 Å². The van der Waals surface area contributed by atoms with Crippen LogP contribution in [0, 0.1) is 6.20 Å². The van der Waals surface area contributed by atoms with Gasteiger partial charge >= 0.3 is 0 Å². The van der Waals surface area contributed by atoms with Crippen molar-refractivity contribution in [1.82, 2.24) is 10.2 Å². The van der Waals surface area contributed by atoms with E-state index in [1.165, 1.54) is 32.4 Å². The van der Waals surface area contributed by atoms with Crippen LogP contribution in [0.25, 0.3) is 0 Å². The Morgan fingerprint density at radius 1 is 1.33 bits per heavy atom. The zero-order valence-corrected chi connectivity index (χ0v) is 7.16. The monoisotopic (exact) mass is 164 g/mol. The number of hydrogen-bond donors (Lipinski definition) is 1. The first kappa shape index (κ1) is 7.80. The molecule has 1 unspecified atom stereocenters. The predicted octanol–water partition coefficient (Wildman–Crippen LogP) is 0.747. The van der Waals surface area contributed by atoms with Gasteiger partial charge in [-0.25, -0.2) is 0 Å². The second-order valence-corrected chi connectivity index (χ2v) is 3.26. The van der Waals surface area contributed by atoms with Crippen molar-refractivity contribution in [2.45, 2.75) is 25.4 Å². The third kappa shape index (κ3) is 1.67. The van der Waals surface area contributed by atoms with Crippen molar-refractivity contribution >= 4 is 6.21 Å². The molecule has 2 rings (SSSR count). The highest BCUT2D eigenvalue weighted by Gasteiger charge is 2.18. The van der Waals surface area contributed by atoms with E-state index >= 15 is 0 Å². The molecule has 0 saturated carbocycles. The quantitative estimate of drug-likeness (QED) is 0.619. The number of aliphatic imine (C=N–C) groups is 1. The number of nitrogens with one attached hydrogen (secondary N) is 1. The van der Waals surface area contributed by atoms with Crippen molar-refractivity contribution < 1.29 is 0 Å². The zero-order valence-electron chi connectivity index (χ0n) is 7.16. The molecule has 0 spiro atoms. The van der Waals surface area contributed by atoms with Crippen molar-refractivity contribution in [1.29, 1.82) is 0 Å². The SMILES string of the molecule is [C]1=CN=CC(N2CCCCC2)N1. The fourth-order valence-electron chi connectivity index (χ4n) is 1.70. The molecule has 1 radical (unpaired) electrons. The normalized spacial score (nSPS) is 30.2. The molecule has 65 valence electrons. The summed E-state index contributed by atoms with van der Waals surface area (Å²) in [6.07, 6.45) is 10.8. The third-order valence-corrected chi connectivity index (χ3v) is 2.38. The van der Waals surface area contributed by atoms with Crippen LogP contribution < -0.4 is 5.32 Å². The van der Waals surface area contributed by atoms with Crippen LogP contribution in [0.3, 0.4) is 0 Å². The first-order valence-electron chi connectivity index (χ1n) is 4.57. The van der Waals surface area contributed by atoms with E-state index in [1.807, 2.05) is 6.21 Å². The third-order valence-electron chi connectivity index (χ3n) is 2.38. The molecule has 1 N–H and O–H groups in total. The van der Waals surface area contributed by atoms with Crippen LogP contribution in [0.2, 0.25) is 0 Å². The summed E-state index contributed by atoms with van der Waals surface area (Å²) in [5, 5.41) is 3.16. The highest BCUT2D eigenvalue weighted by Crippen LogP contribution is 2.10. The minimum Gasteiger partial charge on any atom is -0.362 e. The molecule has 2 aliphatic heterocycles. The zero-order chi connectivity index (χ0) is 8.23. The molecular formula is C9H14N3. The van der Waals surface area contributed by atoms with E-state index in [2.05, 4.69) is 21.4 Å². The van der Waals surface area contributed by atoms with Crippen molar-refractivity contribution in [2.75, 3.05) is 13.1 Å². The second kappa shape index (κ2) is 3.72. The lowest BCUT2D eigenvalue weighted by atomic mass is 10.1. The van der Waals surface area contributed by atoms with E-state index in [9.17, 15) is 0 Å². The van der Waals surface area contributed by atoms with Gasteiger partial charge in [-0.05, 0) is 12.8 Å². The summed E-state index contributed by atoms with van der Waals surface area (Å²) >= 11 is 0. The molecule has 0 amide bonds. The van der Waals surface area contributed by atoms with Crippen LogP contribution in [0.4, 0.5) is 0 Å². The maximum Gasteiger partial charge on any atom is 0.116 e. The Hall–Kier alpha value is -0.830. The lowest BCUT2D eigenvalue weighted by Gasteiger charge is -2.32. The number of likely N-dealkylation sites (tertiary alicyclic amines) is 1. The molecule has 0 aromatic heterocycles. The van der Waals surface area contributed by atoms with Crippen LogP contribution >= 0.6 is 0 Å². The Morgan fingerprint density at radius 2 is 2.17 bits per heavy atom. The van der Waals surface area contributed by atoms with Gasteiger partial charge in [0.2, 0.25) is 0 Å². The summed E-state index contributed by atoms with van der Waals surface area (Å²) in [7, 11) is 0. The second-order valence-electron chi connectivity index (χ2n) is 3.26. The molecule has 0 aromatic rings. The van der Waals surface area contributed by atoms with Gasteiger partial charge in [0.15, 0.2) is 0 Å². The highest BCUT2D eigenvalue weighted by molar-refractivity contribution is 5.65. The maximum atomic E-state index is 4.07. The molecule has 1 saturated heterocycles. The van der Waals surface area contributed by atoms with Crippen molar-refractivity contribution in [2.24, 2.45) is 4.99 Å². The molecule has 1 atom stereocenters. The van der Waals surface area contributed by atoms with E-state index < -0.39 is 0 Å². The van der Waals surface area contributed by atoms with Crippen LogP contribution in [0.1, 0.15) is 19.3 Å². The Labute approximate surface area is 73.2 Å². The predicted molar refractivity (Wildman–Crippen MR) is 48.7 cm³/mol. The molecule has 1 fully saturated rings. The summed E-state index contributed by atoms with van der Waals surface area (Å²) in [4.78, 5) is 6.48. The van der Waals surface area contributed by atoms with Crippen molar-refractivity contribution in [3.8, 4) is 0 Å². The van der Waals surface area contributed by atoms with Gasteiger partial charge in [-0.1, -0.05) is 6.42 Å². The van der Waals surface area contributed by atoms with Gasteiger partial charge in [0.25, 0.3) is 0 Å². The van der Waals surface area contributed by atoms with E-state index in [0.29, 0.717) is 0 Å². The topological polar surface area (TPSA) is 27.6 Å². The molecular weight excluding hydrogens is 150 g/mol. The van der Waals surface area contributed by atoms with Gasteiger partial charge in [0.1, 0.15) is 6.17 Å². The number of piperidine rings is 1. The molecule has 2 heterocycles. The van der Waals surface area contributed by atoms with Crippen molar-refractivity contribution in [3.05, 3.63) is 12.4 Å². The average Bonchev–Trinajstić information content (AvgIpc) is 2.21. The molecule has 3 nitrogen and oxygen atoms in total. The standard InChI is InChI=1S/C9H14N3/c1-2-6-12(7-3-1)9-8-10-4-5-11-9/h4,8-9,11H,1-3,6-7H2. The summed E-state index contributed by atoms with van der Waals surface area (Å²) in [6.45, 7) is 2.37. The van der Waals surface area contributed by atoms with Gasteiger partial charge in [-0.3, -0.25) is 9.89 Å². The van der Waals surface area contributed by atoms with E-state index in [1.54, 1.807) is 6.20 Å². The summed E-state index contributed by atoms with van der Waals surface area (Å²) in [6, 6.07) is 0. The summed E-state index contributed by atoms with van der Waals surface area (Å²) < 4.78 is 0. The number of nitrogens with zero attached hydrogens (tertiary/aromatic N) is 2. The van der Waals surface area contributed by atoms with Crippen LogP contribution in [0.5, 0.6) is 0 Å². The molecule has 0 bridgehead atoms. The molecule has 0 aliphatic carbocycles. The molecule has 2 aliphatic rings. The maximum absolute atomic E-state index is 4.07. The molecule has 12 heavy (non-hydrogen) atoms. The van der Waals surface area contributed by atoms with Gasteiger partial charge in [0, 0.05) is 19.3 Å². The molecule has 3 heteroatoms. The Kier molecular flexibility index (Phi) is 2.42. The van der Waals surface area contributed by atoms with Gasteiger partial charge in [0.05, 0.1) is 12.4 Å². The van der Waals surface area contributed by atoms with E-state index in [4.69, 9.17) is 0 Å². The van der Waals surface area contributed by atoms with Gasteiger partial charge in [-0.2, -0.15) is 0 Å². The lowest BCUT2D eigenvalue weighted by Crippen LogP contribution is -2.48. The Bertz CT molecular complexity index is 192. The van der Waals surface area contributed by atoms with Gasteiger partial charge in [-0.15, -0.1) is 0 Å². The van der Waals surface area contributed by atoms with Gasteiger partial charge < -0.3 is 5.32 Å². The summed E-state index contributed by atoms with van der Waals surface area (Å²) in [5.41, 5.74) is 0. The number of hydrogen-bond acceptors (Lipinski definition) is 3. The minimum atomic E-state index is 0.287. The number of rotatable bonds is 1. The van der Waals surface area contributed by atoms with Crippen molar-refractivity contribution in [3.63, 3.8) is 0 Å². The van der Waals surface area contributed by atoms with E-state index in [-0.39, 0.29) is 6.17 Å². The minimum absolute atomic E-state index is 0.287. The fraction of sp³-hybridized carbons (Fsp3) is 0.667. The Balaban J connectivity index is 1.90. The lowest BCUT2D eigenvalue weighted by molar-refractivity contribution is 0.189. The average molecular weight is 164 g/mol. The fourth-order valence-corrected chi connectivity index (χ4v) is 1.70. The van der Waals surface area contributed by atoms with E-state index in [0.717, 1.165) is 0 Å². The highest BCUT2D eigenvalue weighted by atomic mass is 15.3. The van der Waals surface area contributed by atoms with Crippen LogP contribution in [0.15, 0.2) is 11.2 Å². The first-order chi connectivity index (χ1) is 5.97. The molecule has 0 aromatic carbocycles. The summed E-state index contributed by atoms with van der Waals surface area (Å²) in [5.74, 6) is 0. The Morgan fingerprint density at radius 3 is 2.83 bits per heavy atom. The smallest absolute Gasteiger partial charge is 0.116 e. The van der Waals surface area contributed by atoms with Crippen LogP contribution in [-0.2, 0) is 0 Å². The first-order valence-corrected chi connectivity index (χ1v) is 4.57. The largest absolute Gasteiger partial charge is 0.362 e.